The fourth-order valence-electron chi connectivity index (χ4n) is 4.17. The van der Waals surface area contributed by atoms with Gasteiger partial charge in [0.25, 0.3) is 5.91 Å². The Hall–Kier alpha value is -3.94. The molecule has 2 aliphatic rings. The summed E-state index contributed by atoms with van der Waals surface area (Å²) in [4.78, 5) is 39.1. The minimum atomic E-state index is -0.0925. The van der Waals surface area contributed by atoms with E-state index in [-0.39, 0.29) is 11.9 Å². The Kier molecular flexibility index (Phi) is 5.41. The molecule has 0 radical (unpaired) electrons. The van der Waals surface area contributed by atoms with Crippen molar-refractivity contribution < 1.29 is 9.59 Å². The number of nitrogens with one attached hydrogen (secondary N) is 1. The van der Waals surface area contributed by atoms with Gasteiger partial charge in [-0.1, -0.05) is 24.3 Å². The number of nitrogens with zero attached hydrogens (tertiary/aromatic N) is 5. The van der Waals surface area contributed by atoms with E-state index in [0.717, 1.165) is 24.5 Å². The van der Waals surface area contributed by atoms with E-state index in [4.69, 9.17) is 0 Å². The summed E-state index contributed by atoms with van der Waals surface area (Å²) in [5, 5.41) is 2.99. The first kappa shape index (κ1) is 20.0. The zero-order valence-electron chi connectivity index (χ0n) is 17.6. The highest BCUT2D eigenvalue weighted by Crippen LogP contribution is 2.24. The number of piperazine rings is 1. The Morgan fingerprint density at radius 2 is 1.50 bits per heavy atom. The van der Waals surface area contributed by atoms with Gasteiger partial charge in [-0.2, -0.15) is 0 Å². The SMILES string of the molecule is O=C(Nc1ccc(N2CCN(C(=O)c3cnccn3)CC2)cc1)N1Cc2ccccc2C1. The van der Waals surface area contributed by atoms with Crippen molar-refractivity contribution in [1.29, 1.82) is 0 Å². The maximum Gasteiger partial charge on any atom is 0.322 e. The molecule has 1 fully saturated rings. The number of aromatic nitrogens is 2. The lowest BCUT2D eigenvalue weighted by atomic mass is 10.1. The summed E-state index contributed by atoms with van der Waals surface area (Å²) in [5.41, 5.74) is 4.63. The highest BCUT2D eigenvalue weighted by molar-refractivity contribution is 5.92. The summed E-state index contributed by atoms with van der Waals surface area (Å²) >= 11 is 0. The lowest BCUT2D eigenvalue weighted by Crippen LogP contribution is -2.49. The van der Waals surface area contributed by atoms with Gasteiger partial charge in [-0.3, -0.25) is 9.78 Å². The summed E-state index contributed by atoms with van der Waals surface area (Å²) in [6, 6.07) is 15.9. The molecule has 1 saturated heterocycles. The molecule has 32 heavy (non-hydrogen) atoms. The largest absolute Gasteiger partial charge is 0.368 e. The van der Waals surface area contributed by atoms with Crippen LogP contribution in [0.2, 0.25) is 0 Å². The fraction of sp³-hybridized carbons (Fsp3) is 0.250. The molecule has 3 amide bonds. The Morgan fingerprint density at radius 3 is 2.12 bits per heavy atom. The molecule has 3 heterocycles. The third-order valence-electron chi connectivity index (χ3n) is 5.96. The highest BCUT2D eigenvalue weighted by Gasteiger charge is 2.24. The summed E-state index contributed by atoms with van der Waals surface area (Å²) in [7, 11) is 0. The standard InChI is InChI=1S/C24H24N6O2/c31-23(22-15-25-9-10-26-22)29-13-11-28(12-14-29)21-7-5-20(6-8-21)27-24(32)30-16-18-3-1-2-4-19(18)17-30/h1-10,15H,11-14,16-17H2,(H,27,32). The molecular formula is C24H24N6O2. The zero-order chi connectivity index (χ0) is 21.9. The number of benzene rings is 2. The number of hydrogen-bond donors (Lipinski definition) is 1. The summed E-state index contributed by atoms with van der Waals surface area (Å²) in [6.45, 7) is 4.01. The van der Waals surface area contributed by atoms with E-state index >= 15 is 0 Å². The Bertz CT molecular complexity index is 1090. The first-order valence-electron chi connectivity index (χ1n) is 10.7. The van der Waals surface area contributed by atoms with E-state index in [1.165, 1.54) is 23.5 Å². The Labute approximate surface area is 186 Å². The predicted octanol–water partition coefficient (Wildman–Crippen LogP) is 2.99. The molecule has 1 N–H and O–H groups in total. The normalized spacial score (nSPS) is 15.4. The lowest BCUT2D eigenvalue weighted by molar-refractivity contribution is 0.0740. The van der Waals surface area contributed by atoms with Crippen molar-refractivity contribution in [3.8, 4) is 0 Å². The molecule has 2 aliphatic heterocycles. The van der Waals surface area contributed by atoms with Gasteiger partial charge in [-0.15, -0.1) is 0 Å². The molecule has 2 aromatic carbocycles. The molecule has 1 aromatic heterocycles. The minimum absolute atomic E-state index is 0.0835. The number of urea groups is 1. The molecule has 8 nitrogen and oxygen atoms in total. The van der Waals surface area contributed by atoms with Gasteiger partial charge in [0, 0.05) is 63.0 Å². The molecule has 0 saturated carbocycles. The predicted molar refractivity (Wildman–Crippen MR) is 121 cm³/mol. The van der Waals surface area contributed by atoms with Gasteiger partial charge < -0.3 is 20.0 Å². The van der Waals surface area contributed by atoms with E-state index < -0.39 is 0 Å². The minimum Gasteiger partial charge on any atom is -0.368 e. The van der Waals surface area contributed by atoms with E-state index in [0.29, 0.717) is 31.9 Å². The van der Waals surface area contributed by atoms with Crippen molar-refractivity contribution in [3.63, 3.8) is 0 Å². The summed E-state index contributed by atoms with van der Waals surface area (Å²) in [6.07, 6.45) is 4.60. The van der Waals surface area contributed by atoms with Crippen LogP contribution in [0.3, 0.4) is 0 Å². The second-order valence-electron chi connectivity index (χ2n) is 7.97. The van der Waals surface area contributed by atoms with Crippen LogP contribution >= 0.6 is 0 Å². The van der Waals surface area contributed by atoms with Gasteiger partial charge in [0.15, 0.2) is 0 Å². The summed E-state index contributed by atoms with van der Waals surface area (Å²) < 4.78 is 0. The van der Waals surface area contributed by atoms with Crippen LogP contribution in [0.1, 0.15) is 21.6 Å². The van der Waals surface area contributed by atoms with E-state index in [9.17, 15) is 9.59 Å². The van der Waals surface area contributed by atoms with Crippen LogP contribution in [0.15, 0.2) is 67.1 Å². The van der Waals surface area contributed by atoms with Crippen LogP contribution in [-0.2, 0) is 13.1 Å². The van der Waals surface area contributed by atoms with Crippen LogP contribution in [-0.4, -0.2) is 57.9 Å². The molecule has 3 aromatic rings. The van der Waals surface area contributed by atoms with Crippen molar-refractivity contribution in [3.05, 3.63) is 83.9 Å². The zero-order valence-corrected chi connectivity index (χ0v) is 17.6. The number of fused-ring (bicyclic) bond motifs is 1. The van der Waals surface area contributed by atoms with Crippen molar-refractivity contribution in [2.24, 2.45) is 0 Å². The second-order valence-corrected chi connectivity index (χ2v) is 7.97. The van der Waals surface area contributed by atoms with Crippen LogP contribution in [0.25, 0.3) is 0 Å². The van der Waals surface area contributed by atoms with Crippen LogP contribution in [0.4, 0.5) is 16.2 Å². The van der Waals surface area contributed by atoms with Gasteiger partial charge in [-0.05, 0) is 35.4 Å². The first-order valence-corrected chi connectivity index (χ1v) is 10.7. The molecule has 0 spiro atoms. The van der Waals surface area contributed by atoms with Crippen LogP contribution < -0.4 is 10.2 Å². The molecule has 162 valence electrons. The van der Waals surface area contributed by atoms with Crippen molar-refractivity contribution >= 4 is 23.3 Å². The molecule has 8 heteroatoms. The van der Waals surface area contributed by atoms with Crippen LogP contribution in [0.5, 0.6) is 0 Å². The van der Waals surface area contributed by atoms with Crippen molar-refractivity contribution in [1.82, 2.24) is 19.8 Å². The van der Waals surface area contributed by atoms with Gasteiger partial charge >= 0.3 is 6.03 Å². The number of amides is 3. The second kappa shape index (κ2) is 8.66. The molecule has 0 atom stereocenters. The maximum atomic E-state index is 12.6. The monoisotopic (exact) mass is 428 g/mol. The van der Waals surface area contributed by atoms with E-state index in [1.807, 2.05) is 46.2 Å². The van der Waals surface area contributed by atoms with Gasteiger partial charge in [0.1, 0.15) is 5.69 Å². The van der Waals surface area contributed by atoms with E-state index in [2.05, 4.69) is 32.3 Å². The van der Waals surface area contributed by atoms with Gasteiger partial charge in [-0.25, -0.2) is 9.78 Å². The average molecular weight is 428 g/mol. The smallest absolute Gasteiger partial charge is 0.322 e. The number of carbonyl (C=O) groups excluding carboxylic acids is 2. The topological polar surface area (TPSA) is 81.7 Å². The number of anilines is 2. The molecule has 0 unspecified atom stereocenters. The van der Waals surface area contributed by atoms with Crippen molar-refractivity contribution in [2.45, 2.75) is 13.1 Å². The highest BCUT2D eigenvalue weighted by atomic mass is 16.2. The number of carbonyl (C=O) groups is 2. The quantitative estimate of drug-likeness (QED) is 0.694. The number of rotatable bonds is 3. The average Bonchev–Trinajstić information content (AvgIpc) is 3.29. The van der Waals surface area contributed by atoms with Gasteiger partial charge in [0.2, 0.25) is 0 Å². The molecule has 0 bridgehead atoms. The van der Waals surface area contributed by atoms with Crippen molar-refractivity contribution in [2.75, 3.05) is 36.4 Å². The van der Waals surface area contributed by atoms with Gasteiger partial charge in [0.05, 0.1) is 6.20 Å². The molecular weight excluding hydrogens is 404 g/mol. The third-order valence-corrected chi connectivity index (χ3v) is 5.96. The maximum absolute atomic E-state index is 12.6. The molecule has 0 aliphatic carbocycles. The first-order chi connectivity index (χ1) is 15.7. The Balaban J connectivity index is 1.15. The lowest BCUT2D eigenvalue weighted by Gasteiger charge is -2.36. The Morgan fingerprint density at radius 1 is 0.812 bits per heavy atom. The fourth-order valence-corrected chi connectivity index (χ4v) is 4.17. The number of hydrogen-bond acceptors (Lipinski definition) is 5. The van der Waals surface area contributed by atoms with E-state index in [1.54, 1.807) is 6.20 Å². The summed E-state index contributed by atoms with van der Waals surface area (Å²) in [5.74, 6) is -0.0835. The molecule has 5 rings (SSSR count). The van der Waals surface area contributed by atoms with Crippen LogP contribution in [0, 0.1) is 0 Å². The third kappa shape index (κ3) is 4.12.